The van der Waals surface area contributed by atoms with Crippen molar-refractivity contribution in [2.45, 2.75) is 10.9 Å². The average molecular weight is 510 g/mol. The summed E-state index contributed by atoms with van der Waals surface area (Å²) in [5.74, 6) is -0.971. The molecule has 0 aliphatic carbocycles. The fourth-order valence-electron chi connectivity index (χ4n) is 4.18. The van der Waals surface area contributed by atoms with Crippen molar-refractivity contribution in [2.24, 2.45) is 0 Å². The van der Waals surface area contributed by atoms with Gasteiger partial charge in [0.25, 0.3) is 11.8 Å². The smallest absolute Gasteiger partial charge is 0.262 e. The summed E-state index contributed by atoms with van der Waals surface area (Å²) in [5, 5.41) is 9.27. The lowest BCUT2D eigenvalue weighted by Crippen LogP contribution is -2.60. The molecule has 1 aliphatic heterocycles. The number of piperazine rings is 1. The van der Waals surface area contributed by atoms with Crippen LogP contribution >= 0.6 is 0 Å². The predicted molar refractivity (Wildman–Crippen MR) is 133 cm³/mol. The highest BCUT2D eigenvalue weighted by molar-refractivity contribution is 7.91. The highest BCUT2D eigenvalue weighted by atomic mass is 32.2. The van der Waals surface area contributed by atoms with E-state index >= 15 is 0 Å². The second-order valence-electron chi connectivity index (χ2n) is 8.42. The third kappa shape index (κ3) is 5.56. The zero-order chi connectivity index (χ0) is 25.7. The molecule has 1 heterocycles. The van der Waals surface area contributed by atoms with Crippen LogP contribution in [0.1, 0.15) is 10.4 Å². The largest absolute Gasteiger partial charge is 0.497 e. The van der Waals surface area contributed by atoms with Crippen molar-refractivity contribution in [1.82, 2.24) is 15.3 Å². The maximum atomic E-state index is 13.2. The Balaban J connectivity index is 1.48. The Hall–Kier alpha value is -3.73. The van der Waals surface area contributed by atoms with E-state index in [0.717, 1.165) is 11.1 Å². The molecule has 0 spiro atoms. The SMILES string of the molecule is COc1ccc(S(=O)(=O)CN2CCN(C(=O)c3ccc(-c4ccccc4)cc3)CC2C(=O)NO)cc1. The van der Waals surface area contributed by atoms with E-state index in [-0.39, 0.29) is 30.4 Å². The molecule has 3 aromatic carbocycles. The van der Waals surface area contributed by atoms with E-state index in [1.54, 1.807) is 29.7 Å². The Morgan fingerprint density at radius 3 is 2.19 bits per heavy atom. The van der Waals surface area contributed by atoms with Crippen molar-refractivity contribution in [3.63, 3.8) is 0 Å². The van der Waals surface area contributed by atoms with Crippen molar-refractivity contribution in [2.75, 3.05) is 32.6 Å². The highest BCUT2D eigenvalue weighted by Gasteiger charge is 2.37. The van der Waals surface area contributed by atoms with Gasteiger partial charge < -0.3 is 9.64 Å². The number of ether oxygens (including phenoxy) is 1. The van der Waals surface area contributed by atoms with Crippen LogP contribution < -0.4 is 10.2 Å². The average Bonchev–Trinajstić information content (AvgIpc) is 2.93. The molecule has 1 fully saturated rings. The minimum Gasteiger partial charge on any atom is -0.497 e. The molecule has 9 nitrogen and oxygen atoms in total. The lowest BCUT2D eigenvalue weighted by molar-refractivity contribution is -0.136. The fourth-order valence-corrected chi connectivity index (χ4v) is 5.62. The number of benzene rings is 3. The van der Waals surface area contributed by atoms with Crippen LogP contribution in [0.15, 0.2) is 83.8 Å². The number of methoxy groups -OCH3 is 1. The van der Waals surface area contributed by atoms with Gasteiger partial charge in [0.15, 0.2) is 9.84 Å². The molecule has 2 amide bonds. The van der Waals surface area contributed by atoms with Gasteiger partial charge in [-0.1, -0.05) is 42.5 Å². The van der Waals surface area contributed by atoms with Crippen LogP contribution in [0.2, 0.25) is 0 Å². The number of amides is 2. The number of hydroxylamine groups is 1. The van der Waals surface area contributed by atoms with Gasteiger partial charge >= 0.3 is 0 Å². The van der Waals surface area contributed by atoms with E-state index in [2.05, 4.69) is 0 Å². The Kier molecular flexibility index (Phi) is 7.68. The number of sulfone groups is 1. The van der Waals surface area contributed by atoms with Crippen LogP contribution in [-0.4, -0.2) is 73.9 Å². The molecule has 36 heavy (non-hydrogen) atoms. The number of hydrogen-bond donors (Lipinski definition) is 2. The molecule has 10 heteroatoms. The summed E-state index contributed by atoms with van der Waals surface area (Å²) in [7, 11) is -2.29. The summed E-state index contributed by atoms with van der Waals surface area (Å²) >= 11 is 0. The summed E-state index contributed by atoms with van der Waals surface area (Å²) in [4.78, 5) is 28.6. The van der Waals surface area contributed by atoms with Crippen LogP contribution in [-0.2, 0) is 14.6 Å². The normalized spacial score (nSPS) is 16.4. The third-order valence-electron chi connectivity index (χ3n) is 6.18. The van der Waals surface area contributed by atoms with Crippen molar-refractivity contribution in [1.29, 1.82) is 0 Å². The Morgan fingerprint density at radius 1 is 0.944 bits per heavy atom. The number of nitrogens with one attached hydrogen (secondary N) is 1. The van der Waals surface area contributed by atoms with E-state index in [0.29, 0.717) is 11.3 Å². The van der Waals surface area contributed by atoms with Crippen LogP contribution in [0.3, 0.4) is 0 Å². The molecule has 1 aliphatic rings. The van der Waals surface area contributed by atoms with Crippen LogP contribution in [0.25, 0.3) is 11.1 Å². The van der Waals surface area contributed by atoms with Crippen molar-refractivity contribution >= 4 is 21.7 Å². The van der Waals surface area contributed by atoms with Gasteiger partial charge in [-0.3, -0.25) is 19.7 Å². The maximum absolute atomic E-state index is 13.2. The van der Waals surface area contributed by atoms with Crippen LogP contribution in [0.4, 0.5) is 0 Å². The summed E-state index contributed by atoms with van der Waals surface area (Å²) in [6, 6.07) is 21.9. The quantitative estimate of drug-likeness (QED) is 0.371. The van der Waals surface area contributed by atoms with Crippen LogP contribution in [0, 0.1) is 0 Å². The summed E-state index contributed by atoms with van der Waals surface area (Å²) in [6.07, 6.45) is 0. The molecule has 0 aromatic heterocycles. The van der Waals surface area contributed by atoms with Crippen molar-refractivity contribution in [3.8, 4) is 16.9 Å². The lowest BCUT2D eigenvalue weighted by Gasteiger charge is -2.39. The molecule has 0 radical (unpaired) electrons. The third-order valence-corrected chi connectivity index (χ3v) is 7.85. The Bertz CT molecular complexity index is 1310. The molecule has 2 N–H and O–H groups in total. The van der Waals surface area contributed by atoms with Crippen molar-refractivity contribution < 1.29 is 28.0 Å². The first-order valence-electron chi connectivity index (χ1n) is 11.3. The number of carbonyl (C=O) groups is 2. The van der Waals surface area contributed by atoms with E-state index < -0.39 is 27.7 Å². The first-order valence-corrected chi connectivity index (χ1v) is 13.0. The van der Waals surface area contributed by atoms with Crippen LogP contribution in [0.5, 0.6) is 5.75 Å². The van der Waals surface area contributed by atoms with Gasteiger partial charge in [-0.25, -0.2) is 13.9 Å². The molecule has 0 bridgehead atoms. The van der Waals surface area contributed by atoms with Gasteiger partial charge in [-0.05, 0) is 47.5 Å². The minimum absolute atomic E-state index is 0.0657. The molecule has 1 saturated heterocycles. The summed E-state index contributed by atoms with van der Waals surface area (Å²) in [5.41, 5.74) is 4.06. The topological polar surface area (TPSA) is 116 Å². The second kappa shape index (κ2) is 10.9. The highest BCUT2D eigenvalue weighted by Crippen LogP contribution is 2.22. The lowest BCUT2D eigenvalue weighted by atomic mass is 10.0. The monoisotopic (exact) mass is 509 g/mol. The van der Waals surface area contributed by atoms with E-state index in [9.17, 15) is 23.2 Å². The molecule has 3 aromatic rings. The Morgan fingerprint density at radius 2 is 1.58 bits per heavy atom. The standard InChI is InChI=1S/C26H27N3O6S/c1-35-22-11-13-23(14-12-22)36(33,34)18-29-16-15-28(17-24(29)25(30)27-32)26(31)21-9-7-20(8-10-21)19-5-3-2-4-6-19/h2-14,24,32H,15-18H2,1H3,(H,27,30). The molecule has 188 valence electrons. The van der Waals surface area contributed by atoms with Gasteiger partial charge in [-0.15, -0.1) is 0 Å². The minimum atomic E-state index is -3.78. The van der Waals surface area contributed by atoms with Gasteiger partial charge in [0.05, 0.1) is 12.0 Å². The number of rotatable bonds is 7. The fraction of sp³-hybridized carbons (Fsp3) is 0.231. The zero-order valence-corrected chi connectivity index (χ0v) is 20.5. The Labute approximate surface area is 209 Å². The first-order chi connectivity index (χ1) is 17.3. The molecule has 0 saturated carbocycles. The predicted octanol–water partition coefficient (Wildman–Crippen LogP) is 2.43. The van der Waals surface area contributed by atoms with E-state index in [1.807, 2.05) is 42.5 Å². The second-order valence-corrected chi connectivity index (χ2v) is 10.4. The maximum Gasteiger partial charge on any atom is 0.262 e. The van der Waals surface area contributed by atoms with Gasteiger partial charge in [0, 0.05) is 25.2 Å². The number of hydrogen-bond acceptors (Lipinski definition) is 7. The van der Waals surface area contributed by atoms with Gasteiger partial charge in [0.1, 0.15) is 17.7 Å². The molecule has 4 rings (SSSR count). The first kappa shape index (κ1) is 25.4. The van der Waals surface area contributed by atoms with Gasteiger partial charge in [0.2, 0.25) is 0 Å². The number of nitrogens with zero attached hydrogens (tertiary/aromatic N) is 2. The van der Waals surface area contributed by atoms with E-state index in [1.165, 1.54) is 29.0 Å². The van der Waals surface area contributed by atoms with E-state index in [4.69, 9.17) is 4.74 Å². The van der Waals surface area contributed by atoms with Gasteiger partial charge in [-0.2, -0.15) is 0 Å². The van der Waals surface area contributed by atoms with Crippen molar-refractivity contribution in [3.05, 3.63) is 84.4 Å². The molecule has 1 atom stereocenters. The zero-order valence-electron chi connectivity index (χ0n) is 19.7. The summed E-state index contributed by atoms with van der Waals surface area (Å²) < 4.78 is 31.0. The molecule has 1 unspecified atom stereocenters. The number of carbonyl (C=O) groups excluding carboxylic acids is 2. The molecular weight excluding hydrogens is 482 g/mol. The molecular formula is C26H27N3O6S. The summed E-state index contributed by atoms with van der Waals surface area (Å²) in [6.45, 7) is 0.303.